The molecule has 110 valence electrons. The van der Waals surface area contributed by atoms with Crippen LogP contribution >= 0.6 is 11.8 Å². The van der Waals surface area contributed by atoms with Crippen molar-refractivity contribution in [2.45, 2.75) is 32.2 Å². The zero-order valence-electron chi connectivity index (χ0n) is 12.2. The Morgan fingerprint density at radius 1 is 1.35 bits per heavy atom. The summed E-state index contributed by atoms with van der Waals surface area (Å²) in [5, 5.41) is 6.41. The van der Waals surface area contributed by atoms with Gasteiger partial charge in [0, 0.05) is 18.7 Å². The number of fused-ring (bicyclic) bond motifs is 1. The zero-order valence-corrected chi connectivity index (χ0v) is 13.0. The lowest BCUT2D eigenvalue weighted by Crippen LogP contribution is -2.30. The SMILES string of the molecule is CSCCCCCNC(=O)c1cccc2c1CCNC2. The topological polar surface area (TPSA) is 41.1 Å². The van der Waals surface area contributed by atoms with Crippen LogP contribution in [-0.2, 0) is 13.0 Å². The molecule has 20 heavy (non-hydrogen) atoms. The third-order valence-corrected chi connectivity index (χ3v) is 4.39. The van der Waals surface area contributed by atoms with E-state index in [9.17, 15) is 4.79 Å². The van der Waals surface area contributed by atoms with Gasteiger partial charge in [0.05, 0.1) is 0 Å². The Morgan fingerprint density at radius 3 is 3.10 bits per heavy atom. The fourth-order valence-electron chi connectivity index (χ4n) is 2.59. The molecule has 2 N–H and O–H groups in total. The number of hydrogen-bond acceptors (Lipinski definition) is 3. The first-order chi connectivity index (χ1) is 9.83. The van der Waals surface area contributed by atoms with E-state index in [2.05, 4.69) is 23.0 Å². The molecule has 0 spiro atoms. The van der Waals surface area contributed by atoms with E-state index in [1.54, 1.807) is 0 Å². The number of rotatable bonds is 7. The van der Waals surface area contributed by atoms with Gasteiger partial charge in [0.2, 0.25) is 0 Å². The summed E-state index contributed by atoms with van der Waals surface area (Å²) in [6.07, 6.45) is 6.59. The van der Waals surface area contributed by atoms with E-state index >= 15 is 0 Å². The summed E-state index contributed by atoms with van der Waals surface area (Å²) in [5.41, 5.74) is 3.36. The minimum Gasteiger partial charge on any atom is -0.352 e. The van der Waals surface area contributed by atoms with Gasteiger partial charge in [-0.3, -0.25) is 4.79 Å². The van der Waals surface area contributed by atoms with Crippen LogP contribution in [0.25, 0.3) is 0 Å². The van der Waals surface area contributed by atoms with E-state index in [4.69, 9.17) is 0 Å². The molecule has 0 radical (unpaired) electrons. The number of carbonyl (C=O) groups excluding carboxylic acids is 1. The van der Waals surface area contributed by atoms with Crippen molar-refractivity contribution >= 4 is 17.7 Å². The van der Waals surface area contributed by atoms with Gasteiger partial charge in [0.1, 0.15) is 0 Å². The molecule has 2 rings (SSSR count). The molecule has 0 aliphatic carbocycles. The number of unbranched alkanes of at least 4 members (excludes halogenated alkanes) is 2. The van der Waals surface area contributed by atoms with Crippen LogP contribution in [0.4, 0.5) is 0 Å². The Morgan fingerprint density at radius 2 is 2.25 bits per heavy atom. The zero-order chi connectivity index (χ0) is 14.2. The second kappa shape index (κ2) is 8.32. The van der Waals surface area contributed by atoms with Crippen molar-refractivity contribution in [2.75, 3.05) is 25.1 Å². The van der Waals surface area contributed by atoms with Gasteiger partial charge in [-0.2, -0.15) is 11.8 Å². The average molecular weight is 292 g/mol. The first-order valence-electron chi connectivity index (χ1n) is 7.41. The Bertz CT molecular complexity index is 448. The highest BCUT2D eigenvalue weighted by molar-refractivity contribution is 7.98. The summed E-state index contributed by atoms with van der Waals surface area (Å²) >= 11 is 1.89. The molecular weight excluding hydrogens is 268 g/mol. The third kappa shape index (κ3) is 4.25. The van der Waals surface area contributed by atoms with Crippen LogP contribution in [0.5, 0.6) is 0 Å². The van der Waals surface area contributed by atoms with Gasteiger partial charge in [0.25, 0.3) is 5.91 Å². The van der Waals surface area contributed by atoms with Crippen molar-refractivity contribution in [1.29, 1.82) is 0 Å². The van der Waals surface area contributed by atoms with Crippen LogP contribution in [-0.4, -0.2) is 31.0 Å². The van der Waals surface area contributed by atoms with E-state index < -0.39 is 0 Å². The van der Waals surface area contributed by atoms with E-state index in [1.807, 2.05) is 23.9 Å². The predicted octanol–water partition coefficient (Wildman–Crippen LogP) is 2.60. The van der Waals surface area contributed by atoms with E-state index in [1.165, 1.54) is 29.7 Å². The van der Waals surface area contributed by atoms with E-state index in [0.717, 1.165) is 38.0 Å². The Hall–Kier alpha value is -1.00. The number of hydrogen-bond donors (Lipinski definition) is 2. The molecule has 1 heterocycles. The van der Waals surface area contributed by atoms with Gasteiger partial charge in [-0.1, -0.05) is 18.6 Å². The highest BCUT2D eigenvalue weighted by Gasteiger charge is 2.16. The lowest BCUT2D eigenvalue weighted by Gasteiger charge is -2.19. The molecule has 0 atom stereocenters. The smallest absolute Gasteiger partial charge is 0.251 e. The highest BCUT2D eigenvalue weighted by atomic mass is 32.2. The summed E-state index contributed by atoms with van der Waals surface area (Å²) < 4.78 is 0. The molecule has 1 aromatic rings. The standard InChI is InChI=1S/C16H24N2OS/c1-20-11-4-2-3-9-18-16(19)15-7-5-6-13-12-17-10-8-14(13)15/h5-7,17H,2-4,8-12H2,1H3,(H,18,19). The Labute approximate surface area is 125 Å². The second-order valence-electron chi connectivity index (χ2n) is 5.18. The lowest BCUT2D eigenvalue weighted by molar-refractivity contribution is 0.0951. The van der Waals surface area contributed by atoms with Crippen LogP contribution < -0.4 is 10.6 Å². The van der Waals surface area contributed by atoms with Crippen LogP contribution in [0.1, 0.15) is 40.7 Å². The van der Waals surface area contributed by atoms with Crippen LogP contribution in [0.15, 0.2) is 18.2 Å². The molecule has 0 aromatic heterocycles. The number of thioether (sulfide) groups is 1. The minimum absolute atomic E-state index is 0.0913. The Balaban J connectivity index is 1.83. The molecule has 1 aromatic carbocycles. The fraction of sp³-hybridized carbons (Fsp3) is 0.562. The minimum atomic E-state index is 0.0913. The van der Waals surface area contributed by atoms with Gasteiger partial charge in [-0.15, -0.1) is 0 Å². The van der Waals surface area contributed by atoms with Crippen molar-refractivity contribution in [3.63, 3.8) is 0 Å². The molecule has 0 unspecified atom stereocenters. The summed E-state index contributed by atoms with van der Waals surface area (Å²) in [6, 6.07) is 6.05. The first-order valence-corrected chi connectivity index (χ1v) is 8.81. The molecule has 1 aliphatic heterocycles. The van der Waals surface area contributed by atoms with Gasteiger partial charge >= 0.3 is 0 Å². The number of benzene rings is 1. The molecule has 4 heteroatoms. The predicted molar refractivity (Wildman–Crippen MR) is 86.4 cm³/mol. The normalized spacial score (nSPS) is 13.8. The van der Waals surface area contributed by atoms with Gasteiger partial charge in [-0.25, -0.2) is 0 Å². The second-order valence-corrected chi connectivity index (χ2v) is 6.16. The van der Waals surface area contributed by atoms with Crippen molar-refractivity contribution in [3.8, 4) is 0 Å². The van der Waals surface area contributed by atoms with Crippen LogP contribution in [0.3, 0.4) is 0 Å². The molecule has 1 aliphatic rings. The molecular formula is C16H24N2OS. The summed E-state index contributed by atoms with van der Waals surface area (Å²) in [4.78, 5) is 12.3. The number of nitrogens with one attached hydrogen (secondary N) is 2. The quantitative estimate of drug-likeness (QED) is 0.759. The van der Waals surface area contributed by atoms with Crippen LogP contribution in [0.2, 0.25) is 0 Å². The van der Waals surface area contributed by atoms with Gasteiger partial charge < -0.3 is 10.6 Å². The first kappa shape index (κ1) is 15.4. The van der Waals surface area contributed by atoms with E-state index in [-0.39, 0.29) is 5.91 Å². The van der Waals surface area contributed by atoms with Crippen molar-refractivity contribution in [3.05, 3.63) is 34.9 Å². The van der Waals surface area contributed by atoms with E-state index in [0.29, 0.717) is 0 Å². The summed E-state index contributed by atoms with van der Waals surface area (Å²) in [5.74, 6) is 1.31. The maximum atomic E-state index is 12.3. The summed E-state index contributed by atoms with van der Waals surface area (Å²) in [7, 11) is 0. The molecule has 0 fully saturated rings. The van der Waals surface area contributed by atoms with Gasteiger partial charge in [-0.05, 0) is 55.0 Å². The Kier molecular flexibility index (Phi) is 6.40. The third-order valence-electron chi connectivity index (χ3n) is 3.70. The maximum absolute atomic E-state index is 12.3. The highest BCUT2D eigenvalue weighted by Crippen LogP contribution is 2.18. The van der Waals surface area contributed by atoms with Crippen LogP contribution in [0, 0.1) is 0 Å². The molecule has 0 bridgehead atoms. The molecule has 3 nitrogen and oxygen atoms in total. The van der Waals surface area contributed by atoms with Gasteiger partial charge in [0.15, 0.2) is 0 Å². The van der Waals surface area contributed by atoms with Crippen molar-refractivity contribution < 1.29 is 4.79 Å². The number of amides is 1. The molecule has 0 saturated carbocycles. The molecule has 1 amide bonds. The largest absolute Gasteiger partial charge is 0.352 e. The maximum Gasteiger partial charge on any atom is 0.251 e. The lowest BCUT2D eigenvalue weighted by atomic mass is 9.95. The fourth-order valence-corrected chi connectivity index (χ4v) is 3.08. The molecule has 0 saturated heterocycles. The average Bonchev–Trinajstić information content (AvgIpc) is 2.50. The monoisotopic (exact) mass is 292 g/mol. The summed E-state index contributed by atoms with van der Waals surface area (Å²) in [6.45, 7) is 2.63. The number of carbonyl (C=O) groups is 1. The van der Waals surface area contributed by atoms with Crippen molar-refractivity contribution in [2.24, 2.45) is 0 Å². The van der Waals surface area contributed by atoms with Crippen molar-refractivity contribution in [1.82, 2.24) is 10.6 Å².